The molecule has 0 saturated carbocycles. The summed E-state index contributed by atoms with van der Waals surface area (Å²) in [5, 5.41) is 1.47. The van der Waals surface area contributed by atoms with E-state index in [-0.39, 0.29) is 0 Å². The Kier molecular flexibility index (Phi) is 4.95. The third-order valence-corrected chi connectivity index (χ3v) is 16.9. The number of hydrogen-bond donors (Lipinski definition) is 0. The Bertz CT molecular complexity index is 685. The fourth-order valence-corrected chi connectivity index (χ4v) is 12.1. The van der Waals surface area contributed by atoms with Crippen LogP contribution in [-0.2, 0) is 0 Å². The molecule has 124 valence electrons. The van der Waals surface area contributed by atoms with E-state index < -0.39 is 5.31 Å². The van der Waals surface area contributed by atoms with Crippen LogP contribution in [0.2, 0.25) is 0 Å². The van der Waals surface area contributed by atoms with Gasteiger partial charge in [0.2, 0.25) is 0 Å². The topological polar surface area (TPSA) is 0 Å². The third kappa shape index (κ3) is 2.46. The Morgan fingerprint density at radius 2 is 0.958 bits per heavy atom. The summed E-state index contributed by atoms with van der Waals surface area (Å²) < 4.78 is 0. The van der Waals surface area contributed by atoms with Gasteiger partial charge in [-0.1, -0.05) is 0 Å². The van der Waals surface area contributed by atoms with E-state index in [0.29, 0.717) is 5.66 Å². The zero-order valence-corrected chi connectivity index (χ0v) is 16.8. The molecule has 2 heteroatoms. The van der Waals surface area contributed by atoms with Gasteiger partial charge in [-0.25, -0.2) is 0 Å². The van der Waals surface area contributed by atoms with Gasteiger partial charge in [0.15, 0.2) is 0 Å². The first-order valence-electron chi connectivity index (χ1n) is 8.52. The first-order valence-corrected chi connectivity index (χ1v) is 12.8. The van der Waals surface area contributed by atoms with Crippen LogP contribution in [0.25, 0.3) is 0 Å². The number of halogens is 1. The number of benzene rings is 3. The van der Waals surface area contributed by atoms with Crippen molar-refractivity contribution in [2.45, 2.75) is 25.9 Å². The predicted octanol–water partition coefficient (Wildman–Crippen LogP) is 5.62. The van der Waals surface area contributed by atoms with Crippen molar-refractivity contribution >= 4 is 36.7 Å². The molecule has 3 rings (SSSR count). The van der Waals surface area contributed by atoms with E-state index >= 15 is 0 Å². The van der Waals surface area contributed by atoms with E-state index in [2.05, 4.69) is 120 Å². The molecular weight excluding hydrogens is 375 g/mol. The van der Waals surface area contributed by atoms with Crippen molar-refractivity contribution in [2.75, 3.05) is 0 Å². The van der Waals surface area contributed by atoms with Gasteiger partial charge in [0.1, 0.15) is 0 Å². The van der Waals surface area contributed by atoms with Gasteiger partial charge in [-0.2, -0.15) is 0 Å². The maximum atomic E-state index is 4.47. The fraction of sp³-hybridized carbons (Fsp3) is 0.182. The van der Waals surface area contributed by atoms with E-state index in [4.69, 9.17) is 0 Å². The third-order valence-electron chi connectivity index (χ3n) is 5.20. The summed E-state index contributed by atoms with van der Waals surface area (Å²) in [5.41, 5.74) is 0.489. The molecule has 0 amide bonds. The van der Waals surface area contributed by atoms with E-state index in [1.54, 1.807) is 0 Å². The molecule has 0 nitrogen and oxygen atoms in total. The van der Waals surface area contributed by atoms with Crippen molar-refractivity contribution in [1.82, 2.24) is 0 Å². The van der Waals surface area contributed by atoms with Gasteiger partial charge in [0.25, 0.3) is 0 Å². The molecule has 0 N–H and O–H groups in total. The summed E-state index contributed by atoms with van der Waals surface area (Å²) >= 11 is 4.47. The summed E-state index contributed by atoms with van der Waals surface area (Å²) in [5.74, 6) is 0. The second-order valence-electron chi connectivity index (χ2n) is 6.34. The van der Waals surface area contributed by atoms with E-state index in [1.807, 2.05) is 0 Å². The van der Waals surface area contributed by atoms with Crippen LogP contribution in [0.15, 0.2) is 91.0 Å². The van der Waals surface area contributed by atoms with E-state index in [0.717, 1.165) is 6.42 Å². The van der Waals surface area contributed by atoms with Crippen molar-refractivity contribution in [3.63, 3.8) is 0 Å². The van der Waals surface area contributed by atoms with E-state index in [1.165, 1.54) is 15.9 Å². The summed E-state index contributed by atoms with van der Waals surface area (Å²) in [6.45, 7) is 4.68. The van der Waals surface area contributed by atoms with Gasteiger partial charge in [-0.3, -0.25) is 0 Å². The second kappa shape index (κ2) is 6.82. The second-order valence-corrected chi connectivity index (χ2v) is 15.3. The molecule has 0 fully saturated rings. The van der Waals surface area contributed by atoms with Crippen molar-refractivity contribution in [2.24, 2.45) is 0 Å². The van der Waals surface area contributed by atoms with Gasteiger partial charge in [0.05, 0.1) is 0 Å². The average molecular weight is 399 g/mol. The Labute approximate surface area is 153 Å². The van der Waals surface area contributed by atoms with Crippen LogP contribution in [0.1, 0.15) is 20.3 Å². The minimum absolute atomic E-state index is 0.489. The van der Waals surface area contributed by atoms with Crippen molar-refractivity contribution in [3.8, 4) is 0 Å². The van der Waals surface area contributed by atoms with Crippen LogP contribution in [0.5, 0.6) is 0 Å². The first-order chi connectivity index (χ1) is 11.6. The minimum atomic E-state index is -2.73. The molecule has 0 saturated heterocycles. The fourth-order valence-electron chi connectivity index (χ4n) is 3.71. The Hall–Kier alpha value is -1.43. The summed E-state index contributed by atoms with van der Waals surface area (Å²) in [6.07, 6.45) is 1.11. The van der Waals surface area contributed by atoms with Gasteiger partial charge in [-0.15, -0.1) is 0 Å². The molecule has 0 aromatic heterocycles. The Balaban J connectivity index is 2.48. The zero-order chi connectivity index (χ0) is 17.1. The van der Waals surface area contributed by atoms with Crippen LogP contribution in [0.4, 0.5) is 0 Å². The van der Waals surface area contributed by atoms with Crippen molar-refractivity contribution in [1.29, 1.82) is 0 Å². The zero-order valence-electron chi connectivity index (χ0n) is 14.3. The quantitative estimate of drug-likeness (QED) is 0.488. The van der Waals surface area contributed by atoms with E-state index in [9.17, 15) is 0 Å². The van der Waals surface area contributed by atoms with Crippen LogP contribution < -0.4 is 15.9 Å². The molecule has 0 aliphatic carbocycles. The number of hydrogen-bond acceptors (Lipinski definition) is 0. The first kappa shape index (κ1) is 17.4. The summed E-state index contributed by atoms with van der Waals surface area (Å²) in [4.78, 5) is 0. The maximum absolute atomic E-state index is 4.47. The molecule has 0 aliphatic rings. The molecule has 0 radical (unpaired) electrons. The molecular formula is C22H24BrP. The monoisotopic (exact) mass is 398 g/mol. The summed E-state index contributed by atoms with van der Waals surface area (Å²) in [6, 6.07) is 33.0. The van der Waals surface area contributed by atoms with Crippen molar-refractivity contribution in [3.05, 3.63) is 91.0 Å². The molecule has 3 aromatic rings. The predicted molar refractivity (Wildman–Crippen MR) is 114 cm³/mol. The molecule has 0 heterocycles. The average Bonchev–Trinajstić information content (AvgIpc) is 2.69. The molecule has 0 aliphatic heterocycles. The van der Waals surface area contributed by atoms with Crippen LogP contribution >= 0.6 is 20.8 Å². The van der Waals surface area contributed by atoms with Gasteiger partial charge in [-0.05, 0) is 0 Å². The van der Waals surface area contributed by atoms with Crippen LogP contribution in [0.3, 0.4) is 0 Å². The standard InChI is InChI=1S/C22H24BrP/c1-3-19(2)24(23,20-13-7-4-8-14-20,21-15-9-5-10-16-21)22-17-11-6-12-18-22/h4-19H,3H2,1-2H3. The normalized spacial score (nSPS) is 14.5. The molecule has 1 atom stereocenters. The molecule has 1 unspecified atom stereocenters. The van der Waals surface area contributed by atoms with Gasteiger partial charge >= 0.3 is 154 Å². The molecule has 0 spiro atoms. The van der Waals surface area contributed by atoms with Crippen LogP contribution in [-0.4, -0.2) is 5.66 Å². The SMILES string of the molecule is CCC(C)P(Br)(c1ccccc1)(c1ccccc1)c1ccccc1. The molecule has 24 heavy (non-hydrogen) atoms. The van der Waals surface area contributed by atoms with Gasteiger partial charge in [0, 0.05) is 0 Å². The Morgan fingerprint density at radius 3 is 1.21 bits per heavy atom. The molecule has 0 bridgehead atoms. The van der Waals surface area contributed by atoms with Crippen LogP contribution in [0, 0.1) is 0 Å². The number of rotatable bonds is 5. The molecule has 3 aromatic carbocycles. The van der Waals surface area contributed by atoms with Gasteiger partial charge < -0.3 is 0 Å². The Morgan fingerprint density at radius 1 is 0.667 bits per heavy atom. The van der Waals surface area contributed by atoms with Crippen molar-refractivity contribution < 1.29 is 0 Å². The summed E-state index contributed by atoms with van der Waals surface area (Å²) in [7, 11) is 0.